The third-order valence-corrected chi connectivity index (χ3v) is 4.32. The van der Waals surface area contributed by atoms with Gasteiger partial charge in [0.25, 0.3) is 0 Å². The third kappa shape index (κ3) is 1.04. The molecule has 11 heavy (non-hydrogen) atoms. The molecule has 4 aliphatic rings. The molecule has 0 nitrogen and oxygen atoms in total. The van der Waals surface area contributed by atoms with Gasteiger partial charge >= 0.3 is 0 Å². The van der Waals surface area contributed by atoms with Gasteiger partial charge < -0.3 is 0 Å². The van der Waals surface area contributed by atoms with E-state index in [0.29, 0.717) is 0 Å². The second-order valence-corrected chi connectivity index (χ2v) is 5.22. The van der Waals surface area contributed by atoms with Gasteiger partial charge in [0.15, 0.2) is 0 Å². The van der Waals surface area contributed by atoms with Crippen LogP contribution in [0.4, 0.5) is 0 Å². The van der Waals surface area contributed by atoms with Gasteiger partial charge in [0, 0.05) is 0 Å². The van der Waals surface area contributed by atoms with E-state index in [2.05, 4.69) is 0 Å². The molecule has 3 atom stereocenters. The highest BCUT2D eigenvalue weighted by Gasteiger charge is 2.40. The number of hydrogen-bond acceptors (Lipinski definition) is 0. The second kappa shape index (κ2) is 2.28. The van der Waals surface area contributed by atoms with Crippen LogP contribution >= 0.6 is 0 Å². The molecule has 1 heteroatoms. The standard InChI is InChI=1S/C10H17B/c1-2-11-6-9-3-8(1)4-10(5-9)7-11/h8-10H,1-7H2/t8?,9-,10+. The highest BCUT2D eigenvalue weighted by molar-refractivity contribution is 6.59. The molecule has 4 bridgehead atoms. The summed E-state index contributed by atoms with van der Waals surface area (Å²) in [5.74, 6) is 3.49. The lowest BCUT2D eigenvalue weighted by Gasteiger charge is -2.37. The fourth-order valence-electron chi connectivity index (χ4n) is 4.07. The van der Waals surface area contributed by atoms with Crippen LogP contribution in [0.25, 0.3) is 0 Å². The third-order valence-electron chi connectivity index (χ3n) is 4.32. The maximum Gasteiger partial charge on any atom is 0.140 e. The maximum atomic E-state index is 1.60. The van der Waals surface area contributed by atoms with E-state index in [1.165, 1.54) is 11.8 Å². The Morgan fingerprint density at radius 3 is 2.18 bits per heavy atom. The van der Waals surface area contributed by atoms with E-state index in [1.54, 1.807) is 44.6 Å². The molecule has 1 saturated carbocycles. The van der Waals surface area contributed by atoms with Gasteiger partial charge in [0.1, 0.15) is 6.71 Å². The zero-order chi connectivity index (χ0) is 7.26. The summed E-state index contributed by atoms with van der Waals surface area (Å²) in [6.45, 7) is 1.16. The molecule has 3 aliphatic heterocycles. The minimum Gasteiger partial charge on any atom is -0.0739 e. The minimum atomic E-state index is 1.16. The second-order valence-electron chi connectivity index (χ2n) is 5.22. The van der Waals surface area contributed by atoms with Crippen molar-refractivity contribution in [3.63, 3.8) is 0 Å². The van der Waals surface area contributed by atoms with E-state index in [4.69, 9.17) is 0 Å². The lowest BCUT2D eigenvalue weighted by molar-refractivity contribution is 0.214. The summed E-state index contributed by atoms with van der Waals surface area (Å²) in [6.07, 6.45) is 11.2. The molecule has 4 fully saturated rings. The van der Waals surface area contributed by atoms with Crippen LogP contribution < -0.4 is 0 Å². The Morgan fingerprint density at radius 1 is 0.818 bits per heavy atom. The summed E-state index contributed by atoms with van der Waals surface area (Å²) in [5.41, 5.74) is 0. The molecule has 0 N–H and O–H groups in total. The Kier molecular flexibility index (Phi) is 1.36. The predicted octanol–water partition coefficient (Wildman–Crippen LogP) is 2.93. The Balaban J connectivity index is 1.90. The van der Waals surface area contributed by atoms with E-state index in [0.717, 1.165) is 12.6 Å². The van der Waals surface area contributed by atoms with Gasteiger partial charge in [-0.1, -0.05) is 25.4 Å². The van der Waals surface area contributed by atoms with E-state index < -0.39 is 0 Å². The zero-order valence-electron chi connectivity index (χ0n) is 7.26. The monoisotopic (exact) mass is 148 g/mol. The minimum absolute atomic E-state index is 1.16. The first-order valence-corrected chi connectivity index (χ1v) is 5.40. The van der Waals surface area contributed by atoms with Crippen LogP contribution in [0, 0.1) is 17.8 Å². The smallest absolute Gasteiger partial charge is 0.0739 e. The van der Waals surface area contributed by atoms with Crippen molar-refractivity contribution in [2.75, 3.05) is 0 Å². The van der Waals surface area contributed by atoms with Gasteiger partial charge in [-0.15, -0.1) is 0 Å². The van der Waals surface area contributed by atoms with Crippen molar-refractivity contribution in [2.24, 2.45) is 17.8 Å². The number of rotatable bonds is 0. The Morgan fingerprint density at radius 2 is 1.45 bits per heavy atom. The van der Waals surface area contributed by atoms with E-state index >= 15 is 0 Å². The fourth-order valence-corrected chi connectivity index (χ4v) is 4.07. The maximum absolute atomic E-state index is 1.60. The molecule has 0 aromatic heterocycles. The molecule has 60 valence electrons. The molecule has 0 aromatic carbocycles. The first kappa shape index (κ1) is 6.57. The van der Waals surface area contributed by atoms with Crippen molar-refractivity contribution in [3.8, 4) is 0 Å². The van der Waals surface area contributed by atoms with Gasteiger partial charge in [0.2, 0.25) is 0 Å². The van der Waals surface area contributed by atoms with Crippen molar-refractivity contribution in [1.29, 1.82) is 0 Å². The summed E-state index contributed by atoms with van der Waals surface area (Å²) in [7, 11) is 0. The van der Waals surface area contributed by atoms with Crippen molar-refractivity contribution in [3.05, 3.63) is 0 Å². The summed E-state index contributed by atoms with van der Waals surface area (Å²) in [5, 5.41) is 0. The topological polar surface area (TPSA) is 0 Å². The first-order valence-electron chi connectivity index (χ1n) is 5.40. The molecule has 0 amide bonds. The molecule has 1 unspecified atom stereocenters. The van der Waals surface area contributed by atoms with Crippen molar-refractivity contribution in [2.45, 2.75) is 44.6 Å². The largest absolute Gasteiger partial charge is 0.140 e. The molecule has 4 rings (SSSR count). The summed E-state index contributed by atoms with van der Waals surface area (Å²) < 4.78 is 0. The predicted molar refractivity (Wildman–Crippen MR) is 49.1 cm³/mol. The highest BCUT2D eigenvalue weighted by atomic mass is 14.4. The lowest BCUT2D eigenvalue weighted by Crippen LogP contribution is -2.30. The summed E-state index contributed by atoms with van der Waals surface area (Å²) in [4.78, 5) is 0. The Labute approximate surface area is 69.8 Å². The molecule has 0 radical (unpaired) electrons. The molecular weight excluding hydrogens is 131 g/mol. The molecule has 0 spiro atoms. The normalized spacial score (nSPS) is 48.0. The van der Waals surface area contributed by atoms with Crippen molar-refractivity contribution < 1.29 is 0 Å². The average Bonchev–Trinajstić information content (AvgIpc) is 2.18. The van der Waals surface area contributed by atoms with Crippen LogP contribution in [0.3, 0.4) is 0 Å². The van der Waals surface area contributed by atoms with E-state index in [9.17, 15) is 0 Å². The highest BCUT2D eigenvalue weighted by Crippen LogP contribution is 2.48. The quantitative estimate of drug-likeness (QED) is 0.463. The van der Waals surface area contributed by atoms with E-state index in [-0.39, 0.29) is 0 Å². The van der Waals surface area contributed by atoms with Crippen LogP contribution in [0.2, 0.25) is 19.0 Å². The molecule has 1 aliphatic carbocycles. The van der Waals surface area contributed by atoms with Gasteiger partial charge in [-0.05, 0) is 37.0 Å². The molecule has 0 aromatic rings. The van der Waals surface area contributed by atoms with Gasteiger partial charge in [-0.3, -0.25) is 0 Å². The first-order chi connectivity index (χ1) is 5.40. The van der Waals surface area contributed by atoms with E-state index in [1.807, 2.05) is 0 Å². The SMILES string of the molecule is C1CC2C[C@H]3CB1C[C@@H](C2)C3. The Bertz CT molecular complexity index is 132. The van der Waals surface area contributed by atoms with Crippen LogP contribution in [0.1, 0.15) is 25.7 Å². The zero-order valence-corrected chi connectivity index (χ0v) is 7.26. The van der Waals surface area contributed by atoms with Crippen LogP contribution in [-0.4, -0.2) is 6.71 Å². The van der Waals surface area contributed by atoms with Crippen LogP contribution in [-0.2, 0) is 0 Å². The number of hydrogen-bond donors (Lipinski definition) is 0. The van der Waals surface area contributed by atoms with Gasteiger partial charge in [-0.25, -0.2) is 0 Å². The number of fused-ring (bicyclic) bond motifs is 1. The van der Waals surface area contributed by atoms with Crippen LogP contribution in [0.5, 0.6) is 0 Å². The fraction of sp³-hybridized carbons (Fsp3) is 1.00. The van der Waals surface area contributed by atoms with Gasteiger partial charge in [-0.2, -0.15) is 0 Å². The summed E-state index contributed by atoms with van der Waals surface area (Å²) in [6, 6.07) is 0. The lowest BCUT2D eigenvalue weighted by atomic mass is 9.36. The Hall–Kier alpha value is 0.0649. The average molecular weight is 148 g/mol. The van der Waals surface area contributed by atoms with Crippen molar-refractivity contribution >= 4 is 6.71 Å². The van der Waals surface area contributed by atoms with Gasteiger partial charge in [0.05, 0.1) is 0 Å². The van der Waals surface area contributed by atoms with Crippen LogP contribution in [0.15, 0.2) is 0 Å². The summed E-state index contributed by atoms with van der Waals surface area (Å²) >= 11 is 0. The van der Waals surface area contributed by atoms with Crippen molar-refractivity contribution in [1.82, 2.24) is 0 Å². The molecule has 3 saturated heterocycles. The molecule has 3 heterocycles. The molecular formula is C10H17B.